The molecule has 3 N–H and O–H groups in total. The number of nitrogens with two attached hydrogens (primary N) is 1. The van der Waals surface area contributed by atoms with E-state index < -0.39 is 18.1 Å². The minimum atomic E-state index is -1.20. The summed E-state index contributed by atoms with van der Waals surface area (Å²) in [6.45, 7) is 2.25. The molecule has 2 aromatic carbocycles. The van der Waals surface area contributed by atoms with E-state index in [9.17, 15) is 9.90 Å². The molecule has 0 amide bonds. The number of hydrogen-bond donors (Lipinski definition) is 2. The number of halogens is 1. The maximum absolute atomic E-state index is 11.6. The molecule has 0 saturated heterocycles. The van der Waals surface area contributed by atoms with Crippen LogP contribution in [0.3, 0.4) is 0 Å². The van der Waals surface area contributed by atoms with Gasteiger partial charge in [0.1, 0.15) is 24.5 Å². The van der Waals surface area contributed by atoms with Gasteiger partial charge in [-0.25, -0.2) is 0 Å². The van der Waals surface area contributed by atoms with Gasteiger partial charge in [-0.05, 0) is 30.2 Å². The van der Waals surface area contributed by atoms with Gasteiger partial charge in [0.05, 0.1) is 11.6 Å². The number of aliphatic hydroxyl groups is 1. The number of benzene rings is 2. The quantitative estimate of drug-likeness (QED) is 0.751. The number of aliphatic hydroxyl groups excluding tert-OH is 1. The summed E-state index contributed by atoms with van der Waals surface area (Å²) in [6.07, 6.45) is -1.20. The Morgan fingerprint density at radius 1 is 1.25 bits per heavy atom. The van der Waals surface area contributed by atoms with Crippen molar-refractivity contribution in [1.82, 2.24) is 0 Å². The molecule has 0 aliphatic carbocycles. The van der Waals surface area contributed by atoms with Crippen molar-refractivity contribution in [2.24, 2.45) is 5.73 Å². The first-order valence-electron chi connectivity index (χ1n) is 7.59. The van der Waals surface area contributed by atoms with E-state index in [2.05, 4.69) is 0 Å². The molecule has 2 aromatic rings. The molecule has 0 aromatic heterocycles. The van der Waals surface area contributed by atoms with Crippen LogP contribution in [0.5, 0.6) is 5.75 Å². The topological polar surface area (TPSA) is 81.8 Å². The highest BCUT2D eigenvalue weighted by Crippen LogP contribution is 2.29. The van der Waals surface area contributed by atoms with Gasteiger partial charge in [0.25, 0.3) is 0 Å². The van der Waals surface area contributed by atoms with Gasteiger partial charge >= 0.3 is 5.97 Å². The van der Waals surface area contributed by atoms with Gasteiger partial charge in [-0.1, -0.05) is 48.0 Å². The molecule has 0 fully saturated rings. The number of carbonyl (C=O) groups is 1. The molecule has 24 heavy (non-hydrogen) atoms. The number of carbonyl (C=O) groups excluding carboxylic acids is 1. The summed E-state index contributed by atoms with van der Waals surface area (Å²) in [7, 11) is 0. The van der Waals surface area contributed by atoms with Gasteiger partial charge in [-0.15, -0.1) is 0 Å². The molecule has 0 radical (unpaired) electrons. The van der Waals surface area contributed by atoms with Crippen LogP contribution in [-0.2, 0) is 16.1 Å². The maximum atomic E-state index is 11.6. The summed E-state index contributed by atoms with van der Waals surface area (Å²) >= 11 is 6.19. The normalized spacial score (nSPS) is 13.2. The highest BCUT2D eigenvalue weighted by atomic mass is 35.5. The average molecular weight is 350 g/mol. The lowest BCUT2D eigenvalue weighted by Gasteiger charge is -2.18. The van der Waals surface area contributed by atoms with Crippen LogP contribution in [0.4, 0.5) is 0 Å². The second kappa shape index (κ2) is 8.68. The molecule has 0 saturated carbocycles. The summed E-state index contributed by atoms with van der Waals surface area (Å²) in [6, 6.07) is 13.3. The van der Waals surface area contributed by atoms with Crippen molar-refractivity contribution in [2.45, 2.75) is 25.7 Å². The number of hydrogen-bond acceptors (Lipinski definition) is 5. The Kier molecular flexibility index (Phi) is 6.61. The first-order valence-corrected chi connectivity index (χ1v) is 7.97. The lowest BCUT2D eigenvalue weighted by molar-refractivity contribution is -0.147. The van der Waals surface area contributed by atoms with Crippen LogP contribution < -0.4 is 10.5 Å². The zero-order valence-electron chi connectivity index (χ0n) is 13.3. The third-order valence-corrected chi connectivity index (χ3v) is 3.73. The molecule has 2 rings (SSSR count). The van der Waals surface area contributed by atoms with Gasteiger partial charge in [0.15, 0.2) is 0 Å². The van der Waals surface area contributed by atoms with Crippen LogP contribution in [0.15, 0.2) is 48.5 Å². The van der Waals surface area contributed by atoms with E-state index in [-0.39, 0.29) is 6.61 Å². The average Bonchev–Trinajstić information content (AvgIpc) is 2.60. The maximum Gasteiger partial charge on any atom is 0.325 e. The number of ether oxygens (including phenoxy) is 2. The fourth-order valence-electron chi connectivity index (χ4n) is 2.13. The molecule has 128 valence electrons. The molecule has 0 bridgehead atoms. The summed E-state index contributed by atoms with van der Waals surface area (Å²) in [4.78, 5) is 11.6. The summed E-state index contributed by atoms with van der Waals surface area (Å²) in [5, 5.41) is 10.5. The SMILES string of the molecule is CCOC(=O)[C@H](N)[C@H](O)c1ccc(OCc2ccccc2)c(Cl)c1. The van der Waals surface area contributed by atoms with Crippen LogP contribution >= 0.6 is 11.6 Å². The second-order valence-corrected chi connectivity index (χ2v) is 5.59. The van der Waals surface area contributed by atoms with E-state index >= 15 is 0 Å². The standard InChI is InChI=1S/C18H20ClNO4/c1-2-23-18(22)16(20)17(21)13-8-9-15(14(19)10-13)24-11-12-6-4-3-5-7-12/h3-10,16-17,21H,2,11,20H2,1H3/t16-,17-/m1/s1. The van der Waals surface area contributed by atoms with E-state index in [1.165, 1.54) is 6.07 Å². The minimum Gasteiger partial charge on any atom is -0.487 e. The summed E-state index contributed by atoms with van der Waals surface area (Å²) in [5.74, 6) is -0.174. The van der Waals surface area contributed by atoms with Crippen molar-refractivity contribution >= 4 is 17.6 Å². The molecule has 0 spiro atoms. The van der Waals surface area contributed by atoms with Crippen molar-refractivity contribution in [2.75, 3.05) is 6.61 Å². The van der Waals surface area contributed by atoms with Crippen molar-refractivity contribution < 1.29 is 19.4 Å². The highest BCUT2D eigenvalue weighted by Gasteiger charge is 2.25. The molecule has 0 aliphatic heterocycles. The highest BCUT2D eigenvalue weighted by molar-refractivity contribution is 6.32. The first-order chi connectivity index (χ1) is 11.5. The van der Waals surface area contributed by atoms with Crippen LogP contribution in [0.25, 0.3) is 0 Å². The van der Waals surface area contributed by atoms with Gasteiger partial charge in [-0.2, -0.15) is 0 Å². The molecule has 0 heterocycles. The lowest BCUT2D eigenvalue weighted by atomic mass is 10.0. The monoisotopic (exact) mass is 349 g/mol. The Balaban J connectivity index is 2.04. The van der Waals surface area contributed by atoms with Gasteiger partial charge < -0.3 is 20.3 Å². The van der Waals surface area contributed by atoms with Crippen molar-refractivity contribution in [3.63, 3.8) is 0 Å². The Labute approximate surface area is 146 Å². The molecular weight excluding hydrogens is 330 g/mol. The van der Waals surface area contributed by atoms with E-state index in [4.69, 9.17) is 26.8 Å². The van der Waals surface area contributed by atoms with E-state index in [1.54, 1.807) is 19.1 Å². The van der Waals surface area contributed by atoms with Gasteiger partial charge in [-0.3, -0.25) is 4.79 Å². The van der Waals surface area contributed by atoms with E-state index in [0.717, 1.165) is 5.56 Å². The van der Waals surface area contributed by atoms with Crippen LogP contribution in [-0.4, -0.2) is 23.7 Å². The Hall–Kier alpha value is -2.08. The first kappa shape index (κ1) is 18.3. The van der Waals surface area contributed by atoms with Crippen molar-refractivity contribution in [3.8, 4) is 5.75 Å². The van der Waals surface area contributed by atoms with Gasteiger partial charge in [0.2, 0.25) is 0 Å². The molecule has 5 nitrogen and oxygen atoms in total. The largest absolute Gasteiger partial charge is 0.487 e. The third kappa shape index (κ3) is 4.71. The lowest BCUT2D eigenvalue weighted by Crippen LogP contribution is -2.38. The predicted octanol–water partition coefficient (Wildman–Crippen LogP) is 2.84. The Morgan fingerprint density at radius 2 is 1.96 bits per heavy atom. The Morgan fingerprint density at radius 3 is 2.58 bits per heavy atom. The zero-order valence-corrected chi connectivity index (χ0v) is 14.1. The minimum absolute atomic E-state index is 0.201. The Bertz CT molecular complexity index is 678. The zero-order chi connectivity index (χ0) is 17.5. The predicted molar refractivity (Wildman–Crippen MR) is 91.8 cm³/mol. The summed E-state index contributed by atoms with van der Waals surface area (Å²) in [5.41, 5.74) is 7.14. The fourth-order valence-corrected chi connectivity index (χ4v) is 2.37. The van der Waals surface area contributed by atoms with Crippen LogP contribution in [0.2, 0.25) is 5.02 Å². The third-order valence-electron chi connectivity index (χ3n) is 3.43. The smallest absolute Gasteiger partial charge is 0.325 e. The van der Waals surface area contributed by atoms with Gasteiger partial charge in [0, 0.05) is 0 Å². The van der Waals surface area contributed by atoms with Crippen LogP contribution in [0.1, 0.15) is 24.2 Å². The molecule has 0 unspecified atom stereocenters. The number of esters is 1. The van der Waals surface area contributed by atoms with Crippen molar-refractivity contribution in [3.05, 3.63) is 64.7 Å². The van der Waals surface area contributed by atoms with E-state index in [1.807, 2.05) is 30.3 Å². The second-order valence-electron chi connectivity index (χ2n) is 5.19. The van der Waals surface area contributed by atoms with E-state index in [0.29, 0.717) is 22.9 Å². The van der Waals surface area contributed by atoms with Crippen molar-refractivity contribution in [1.29, 1.82) is 0 Å². The molecule has 0 aliphatic rings. The molecule has 6 heteroatoms. The number of rotatable bonds is 7. The fraction of sp³-hybridized carbons (Fsp3) is 0.278. The van der Waals surface area contributed by atoms with Crippen LogP contribution in [0, 0.1) is 0 Å². The molecule has 2 atom stereocenters. The summed E-state index contributed by atoms with van der Waals surface area (Å²) < 4.78 is 10.5. The molecular formula is C18H20ClNO4.